The van der Waals surface area contributed by atoms with E-state index in [0.717, 1.165) is 9.80 Å². The number of benzene rings is 11. The van der Waals surface area contributed by atoms with E-state index in [2.05, 4.69) is 13.2 Å². The number of imide groups is 2. The second-order valence-electron chi connectivity index (χ2n) is 26.8. The first-order valence-electron chi connectivity index (χ1n) is 34.8. The van der Waals surface area contributed by atoms with Gasteiger partial charge >= 0.3 is 23.9 Å². The van der Waals surface area contributed by atoms with Gasteiger partial charge in [0.25, 0.3) is 23.6 Å². The van der Waals surface area contributed by atoms with Crippen LogP contribution < -0.4 is 18.9 Å². The van der Waals surface area contributed by atoms with Crippen LogP contribution in [-0.2, 0) is 51.0 Å². The molecule has 11 aromatic carbocycles. The Morgan fingerprint density at radius 2 is 0.606 bits per heavy atom. The molecule has 2 fully saturated rings. The van der Waals surface area contributed by atoms with Crippen LogP contribution in [0, 0.1) is 0 Å². The van der Waals surface area contributed by atoms with Crippen molar-refractivity contribution in [2.75, 3.05) is 0 Å². The fourth-order valence-electron chi connectivity index (χ4n) is 14.8. The minimum Gasteiger partial charge on any atom is -0.461 e. The fraction of sp³-hybridized carbons (Fsp3) is 0.209. The molecule has 2 saturated carbocycles. The van der Waals surface area contributed by atoms with Gasteiger partial charge in [0.1, 0.15) is 82.5 Å². The van der Waals surface area contributed by atoms with Crippen LogP contribution in [0.4, 0.5) is 0 Å². The van der Waals surface area contributed by atoms with Gasteiger partial charge in [-0.05, 0) is 136 Å². The molecule has 15 rings (SSSR count). The number of amides is 4. The molecule has 0 aromatic heterocycles. The van der Waals surface area contributed by atoms with Crippen LogP contribution in [0.25, 0.3) is 43.1 Å². The molecule has 2 heterocycles. The van der Waals surface area contributed by atoms with E-state index in [9.17, 15) is 9.59 Å². The molecule has 6 unspecified atom stereocenters. The lowest BCUT2D eigenvalue weighted by Crippen LogP contribution is -2.53. The van der Waals surface area contributed by atoms with Gasteiger partial charge in [0, 0.05) is 79.9 Å². The third-order valence-corrected chi connectivity index (χ3v) is 19.5. The maximum absolute atomic E-state index is 16.4. The molecule has 18 heteroatoms. The van der Waals surface area contributed by atoms with Crippen LogP contribution in [0.5, 0.6) is 46.0 Å². The van der Waals surface area contributed by atoms with Crippen molar-refractivity contribution >= 4 is 90.6 Å². The van der Waals surface area contributed by atoms with Gasteiger partial charge in [0.05, 0.1) is 22.3 Å². The molecule has 4 aliphatic rings. The second kappa shape index (κ2) is 28.5. The summed E-state index contributed by atoms with van der Waals surface area (Å²) in [5, 5.41) is 1.74. The number of carbonyl (C=O) groups is 8. The predicted octanol–water partition coefficient (Wildman–Crippen LogP) is 17.3. The molecule has 104 heavy (non-hydrogen) atoms. The van der Waals surface area contributed by atoms with E-state index in [-0.39, 0.29) is 125 Å². The van der Waals surface area contributed by atoms with E-state index in [1.807, 2.05) is 36.4 Å². The van der Waals surface area contributed by atoms with Crippen molar-refractivity contribution in [2.24, 2.45) is 0 Å². The number of para-hydroxylation sites is 4. The lowest BCUT2D eigenvalue weighted by Gasteiger charge is -2.36. The van der Waals surface area contributed by atoms with Gasteiger partial charge in [0.15, 0.2) is 0 Å². The minimum atomic E-state index is -1.57. The smallest absolute Gasteiger partial charge is 0.333 e. The summed E-state index contributed by atoms with van der Waals surface area (Å²) >= 11 is 0. The van der Waals surface area contributed by atoms with Crippen LogP contribution in [0.1, 0.15) is 118 Å². The molecule has 0 bridgehead atoms. The van der Waals surface area contributed by atoms with Crippen LogP contribution in [-0.4, -0.2) is 93.8 Å². The average Bonchev–Trinajstić information content (AvgIpc) is 0.671. The lowest BCUT2D eigenvalue weighted by molar-refractivity contribution is -0.161. The number of carbonyl (C=O) groups excluding carboxylic acids is 8. The summed E-state index contributed by atoms with van der Waals surface area (Å²) in [5.74, 6) is -4.90. The first-order chi connectivity index (χ1) is 50.5. The zero-order chi connectivity index (χ0) is 71.9. The number of esters is 4. The molecular weight excluding hydrogens is 1320 g/mol. The summed E-state index contributed by atoms with van der Waals surface area (Å²) in [6.45, 7) is 10.6. The zero-order valence-electron chi connectivity index (χ0n) is 57.0. The van der Waals surface area contributed by atoms with Crippen molar-refractivity contribution in [3.63, 3.8) is 0 Å². The minimum absolute atomic E-state index is 0.0417. The van der Waals surface area contributed by atoms with Gasteiger partial charge < -0.3 is 37.9 Å². The van der Waals surface area contributed by atoms with E-state index in [4.69, 9.17) is 37.9 Å². The van der Waals surface area contributed by atoms with Crippen LogP contribution in [0.2, 0.25) is 0 Å². The molecule has 0 radical (unpaired) electrons. The molecule has 0 N–H and O–H groups in total. The normalized spacial score (nSPS) is 17.7. The fourth-order valence-corrected chi connectivity index (χ4v) is 14.8. The van der Waals surface area contributed by atoms with Crippen LogP contribution >= 0.6 is 0 Å². The molecule has 520 valence electrons. The topological polar surface area (TPSA) is 217 Å². The Morgan fingerprint density at radius 1 is 0.356 bits per heavy atom. The first kappa shape index (κ1) is 67.4. The van der Waals surface area contributed by atoms with E-state index >= 15 is 28.8 Å². The third-order valence-electron chi connectivity index (χ3n) is 19.5. The monoisotopic (exact) mass is 1390 g/mol. The molecule has 4 amide bonds. The van der Waals surface area contributed by atoms with Gasteiger partial charge in [-0.15, -0.1) is 0 Å². The number of ether oxygens (including phenoxy) is 8. The Kier molecular flexibility index (Phi) is 18.5. The van der Waals surface area contributed by atoms with Crippen molar-refractivity contribution < 1.29 is 76.3 Å². The number of nitrogens with zero attached hydrogens (tertiary/aromatic N) is 2. The molecule has 2 aliphatic heterocycles. The summed E-state index contributed by atoms with van der Waals surface area (Å²) in [6, 6.07) is 56.3. The molecule has 2 aliphatic carbocycles. The highest BCUT2D eigenvalue weighted by Crippen LogP contribution is 2.58. The molecule has 0 saturated heterocycles. The molecule has 0 spiro atoms. The number of fused-ring (bicyclic) bond motifs is 2. The third kappa shape index (κ3) is 13.1. The average molecular weight is 1390 g/mol. The number of rotatable bonds is 22. The Morgan fingerprint density at radius 3 is 0.865 bits per heavy atom. The summed E-state index contributed by atoms with van der Waals surface area (Å²) in [5.41, 5.74) is 1.47. The van der Waals surface area contributed by atoms with Crippen LogP contribution in [0.3, 0.4) is 0 Å². The van der Waals surface area contributed by atoms with Gasteiger partial charge in [-0.2, -0.15) is 0 Å². The SMILES string of the molecule is C=C(C)C(=O)OC1CCCC(OC(=O)C(Cc2ccccc2)N2C(=O)c3cc(Oc4ccccc4)c4c5c(Oc6ccccc6)cc6c7c(cc(Oc8ccccc8)c(c8c(Oc9ccccc9)cc(c3c48)C2=O)c75)C(=O)N(C(Cc2ccccc2)C(=O)OC2CCCC(OC(=O)C(=C)C)C2)C6=O)C1. The Hall–Kier alpha value is -12.4. The van der Waals surface area contributed by atoms with E-state index < -0.39 is 84.0 Å². The quantitative estimate of drug-likeness (QED) is 0.0154. The summed E-state index contributed by atoms with van der Waals surface area (Å²) in [7, 11) is 0. The molecule has 11 aromatic rings. The Bertz CT molecular complexity index is 4720. The standard InChI is InChI=1S/C86H70N2O16/c1-49(2)83(93)101-57-37-23-39-59(43-57)103-85(95)65(41-51-25-11-5-12-26-51)87-79(89)61-45-67(97-53-29-15-7-16-30-53)73-75-69(99-55-33-19-9-20-34-55)47-63-72-64(82(92)88(81(63)91)66(42-52-27-13-6-14-28-52)86(96)104-60-40-24-38-58(44-60)102-84(94)50(3)4)48-70(100-56-35-21-10-22-36-56)76(78(72)75)74-68(98-54-31-17-8-18-32-54)46-62(80(87)90)71(61)77(73)74/h5-22,25-36,45-48,57-60,65-66H,1,3,23-24,37-44H2,2,4H3. The summed E-state index contributed by atoms with van der Waals surface area (Å²) in [6.07, 6.45) is 0.355. The van der Waals surface area contributed by atoms with Gasteiger partial charge in [-0.3, -0.25) is 29.0 Å². The summed E-state index contributed by atoms with van der Waals surface area (Å²) in [4.78, 5) is 124. The zero-order valence-corrected chi connectivity index (χ0v) is 57.0. The van der Waals surface area contributed by atoms with E-state index in [0.29, 0.717) is 72.6 Å². The first-order valence-corrected chi connectivity index (χ1v) is 34.8. The maximum atomic E-state index is 16.4. The van der Waals surface area contributed by atoms with Crippen molar-refractivity contribution in [3.05, 3.63) is 264 Å². The molecular formula is C86H70N2O16. The Labute approximate surface area is 598 Å². The summed E-state index contributed by atoms with van der Waals surface area (Å²) < 4.78 is 52.8. The highest BCUT2D eigenvalue weighted by Gasteiger charge is 2.48. The largest absolute Gasteiger partial charge is 0.461 e. The van der Waals surface area contributed by atoms with E-state index in [1.165, 1.54) is 24.3 Å². The van der Waals surface area contributed by atoms with Crippen molar-refractivity contribution in [1.82, 2.24) is 9.80 Å². The Balaban J connectivity index is 0.991. The van der Waals surface area contributed by atoms with E-state index in [1.54, 1.807) is 159 Å². The van der Waals surface area contributed by atoms with Gasteiger partial charge in [0.2, 0.25) is 0 Å². The predicted molar refractivity (Wildman–Crippen MR) is 389 cm³/mol. The number of hydrogen-bond donors (Lipinski definition) is 0. The lowest BCUT2D eigenvalue weighted by atomic mass is 9.80. The molecule has 6 atom stereocenters. The second-order valence-corrected chi connectivity index (χ2v) is 26.8. The maximum Gasteiger partial charge on any atom is 0.333 e. The van der Waals surface area contributed by atoms with Gasteiger partial charge in [-0.1, -0.05) is 147 Å². The van der Waals surface area contributed by atoms with Crippen LogP contribution in [0.15, 0.2) is 231 Å². The number of hydrogen-bond acceptors (Lipinski definition) is 16. The molecule has 18 nitrogen and oxygen atoms in total. The highest BCUT2D eigenvalue weighted by atomic mass is 16.6. The highest BCUT2D eigenvalue weighted by molar-refractivity contribution is 6.45. The van der Waals surface area contributed by atoms with Gasteiger partial charge in [-0.25, -0.2) is 19.2 Å². The van der Waals surface area contributed by atoms with Crippen molar-refractivity contribution in [3.8, 4) is 46.0 Å². The van der Waals surface area contributed by atoms with Crippen molar-refractivity contribution in [1.29, 1.82) is 0 Å². The van der Waals surface area contributed by atoms with Crippen molar-refractivity contribution in [2.45, 2.75) is 115 Å².